The molecule has 0 N–H and O–H groups in total. The van der Waals surface area contributed by atoms with Gasteiger partial charge < -0.3 is 4.90 Å². The molecule has 10 aromatic carbocycles. The number of hydrogen-bond donors (Lipinski definition) is 0. The Morgan fingerprint density at radius 2 is 0.787 bits per heavy atom. The maximum atomic E-state index is 2.51. The first kappa shape index (κ1) is 34.4. The Morgan fingerprint density at radius 1 is 0.295 bits per heavy atom. The number of nitrogens with zero attached hydrogens (tertiary/aromatic N) is 1. The van der Waals surface area contributed by atoms with Crippen LogP contribution in [0.25, 0.3) is 75.5 Å². The van der Waals surface area contributed by atoms with Crippen LogP contribution in [0.2, 0.25) is 0 Å². The van der Waals surface area contributed by atoms with E-state index in [2.05, 4.69) is 229 Å². The van der Waals surface area contributed by atoms with Crippen molar-refractivity contribution in [3.8, 4) is 44.5 Å². The lowest BCUT2D eigenvalue weighted by Gasteiger charge is -2.32. The lowest BCUT2D eigenvalue weighted by molar-refractivity contribution is 0.793. The number of anilines is 3. The average Bonchev–Trinajstić information content (AvgIpc) is 3.97. The molecule has 0 saturated carbocycles. The van der Waals surface area contributed by atoms with Gasteiger partial charge in [0, 0.05) is 32.2 Å². The number of rotatable bonds is 5. The van der Waals surface area contributed by atoms with Gasteiger partial charge in [-0.15, -0.1) is 11.3 Å². The van der Waals surface area contributed by atoms with E-state index in [1.54, 1.807) is 0 Å². The van der Waals surface area contributed by atoms with Crippen molar-refractivity contribution in [2.45, 2.75) is 5.41 Å². The molecule has 13 rings (SSSR count). The second kappa shape index (κ2) is 13.2. The van der Waals surface area contributed by atoms with Crippen molar-refractivity contribution in [2.75, 3.05) is 4.90 Å². The fourth-order valence-electron chi connectivity index (χ4n) is 10.7. The summed E-state index contributed by atoms with van der Waals surface area (Å²) >= 11 is 1.91. The monoisotopic (exact) mass is 791 g/mol. The lowest BCUT2D eigenvalue weighted by atomic mass is 9.70. The molecule has 284 valence electrons. The Hall–Kier alpha value is -7.52. The summed E-state index contributed by atoms with van der Waals surface area (Å²) in [5.74, 6) is 0. The number of hydrogen-bond acceptors (Lipinski definition) is 2. The predicted molar refractivity (Wildman–Crippen MR) is 259 cm³/mol. The Morgan fingerprint density at radius 3 is 1.44 bits per heavy atom. The van der Waals surface area contributed by atoms with Crippen LogP contribution in [0.5, 0.6) is 0 Å². The molecule has 61 heavy (non-hydrogen) atoms. The van der Waals surface area contributed by atoms with Crippen LogP contribution in [0.15, 0.2) is 224 Å². The zero-order valence-electron chi connectivity index (χ0n) is 33.2. The van der Waals surface area contributed by atoms with Gasteiger partial charge in [0.1, 0.15) is 0 Å². The first-order valence-electron chi connectivity index (χ1n) is 21.1. The number of fused-ring (bicyclic) bond motifs is 15. The minimum absolute atomic E-state index is 0.436. The topological polar surface area (TPSA) is 3.24 Å². The van der Waals surface area contributed by atoms with Crippen LogP contribution in [-0.2, 0) is 5.41 Å². The molecule has 11 aromatic rings. The Bertz CT molecular complexity index is 3460. The highest BCUT2D eigenvalue weighted by Gasteiger charge is 2.51. The molecular formula is C59H37NS. The predicted octanol–water partition coefficient (Wildman–Crippen LogP) is 16.4. The van der Waals surface area contributed by atoms with Gasteiger partial charge in [0.25, 0.3) is 0 Å². The van der Waals surface area contributed by atoms with Gasteiger partial charge in [-0.2, -0.15) is 0 Å². The van der Waals surface area contributed by atoms with Gasteiger partial charge in [-0.1, -0.05) is 188 Å². The van der Waals surface area contributed by atoms with Crippen molar-refractivity contribution in [3.63, 3.8) is 0 Å². The lowest BCUT2D eigenvalue weighted by Crippen LogP contribution is -2.26. The van der Waals surface area contributed by atoms with E-state index in [0.29, 0.717) is 0 Å². The molecule has 1 heterocycles. The molecular weight excluding hydrogens is 755 g/mol. The third kappa shape index (κ3) is 4.88. The molecule has 1 aromatic heterocycles. The summed E-state index contributed by atoms with van der Waals surface area (Å²) in [7, 11) is 0. The van der Waals surface area contributed by atoms with Crippen molar-refractivity contribution in [1.82, 2.24) is 0 Å². The standard InChI is InChI=1S/C59H37NS/c1-3-16-38(17-4-1)39-30-32-41(33-31-39)60(56-29-15-25-49-51-37-50(40-18-5-2-6-19-40)43-20-7-8-24-48(43)57(51)61-58(49)56)42-34-35-47-46-23-11-14-28-54(46)59(55(47)36-42)52-26-12-9-21-44(52)45-22-10-13-27-53(45)59/h1-37H. The molecule has 0 saturated heterocycles. The summed E-state index contributed by atoms with van der Waals surface area (Å²) in [5.41, 5.74) is 18.5. The summed E-state index contributed by atoms with van der Waals surface area (Å²) in [6.07, 6.45) is 0. The van der Waals surface area contributed by atoms with Crippen LogP contribution < -0.4 is 4.90 Å². The van der Waals surface area contributed by atoms with Crippen LogP contribution in [0, 0.1) is 0 Å². The van der Waals surface area contributed by atoms with Crippen molar-refractivity contribution in [2.24, 2.45) is 0 Å². The van der Waals surface area contributed by atoms with Gasteiger partial charge in [0.2, 0.25) is 0 Å². The molecule has 0 aliphatic heterocycles. The van der Waals surface area contributed by atoms with E-state index in [9.17, 15) is 0 Å². The van der Waals surface area contributed by atoms with E-state index in [-0.39, 0.29) is 0 Å². The summed E-state index contributed by atoms with van der Waals surface area (Å²) in [4.78, 5) is 2.51. The highest BCUT2D eigenvalue weighted by atomic mass is 32.1. The molecule has 0 atom stereocenters. The maximum Gasteiger partial charge on any atom is 0.0726 e. The highest BCUT2D eigenvalue weighted by Crippen LogP contribution is 2.63. The van der Waals surface area contributed by atoms with Gasteiger partial charge in [-0.05, 0) is 109 Å². The first-order valence-corrected chi connectivity index (χ1v) is 21.9. The number of thiophene rings is 1. The molecule has 1 nitrogen and oxygen atoms in total. The first-order chi connectivity index (χ1) is 30.3. The third-order valence-corrected chi connectivity index (χ3v) is 14.6. The minimum Gasteiger partial charge on any atom is -0.309 e. The van der Waals surface area contributed by atoms with E-state index < -0.39 is 5.41 Å². The van der Waals surface area contributed by atoms with Crippen LogP contribution in [-0.4, -0.2) is 0 Å². The smallest absolute Gasteiger partial charge is 0.0726 e. The maximum absolute atomic E-state index is 2.51. The fourth-order valence-corrected chi connectivity index (χ4v) is 12.0. The van der Waals surface area contributed by atoms with Crippen molar-refractivity contribution in [1.29, 1.82) is 0 Å². The normalized spacial score (nSPS) is 13.0. The Labute approximate surface area is 359 Å². The largest absolute Gasteiger partial charge is 0.309 e. The van der Waals surface area contributed by atoms with Crippen LogP contribution in [0.1, 0.15) is 22.3 Å². The summed E-state index contributed by atoms with van der Waals surface area (Å²) in [6, 6.07) is 83.4. The van der Waals surface area contributed by atoms with E-state index >= 15 is 0 Å². The molecule has 0 amide bonds. The van der Waals surface area contributed by atoms with Crippen LogP contribution >= 0.6 is 11.3 Å². The van der Waals surface area contributed by atoms with Gasteiger partial charge in [0.05, 0.1) is 15.8 Å². The van der Waals surface area contributed by atoms with E-state index in [1.807, 2.05) is 11.3 Å². The molecule has 0 fully saturated rings. The third-order valence-electron chi connectivity index (χ3n) is 13.3. The summed E-state index contributed by atoms with van der Waals surface area (Å²) in [6.45, 7) is 0. The zero-order chi connectivity index (χ0) is 40.1. The Balaban J connectivity index is 1.08. The molecule has 0 unspecified atom stereocenters. The summed E-state index contributed by atoms with van der Waals surface area (Å²) < 4.78 is 2.59. The van der Waals surface area contributed by atoms with Crippen molar-refractivity contribution in [3.05, 3.63) is 247 Å². The summed E-state index contributed by atoms with van der Waals surface area (Å²) in [5, 5.41) is 5.14. The quantitative estimate of drug-likeness (QED) is 0.168. The molecule has 2 aliphatic rings. The van der Waals surface area contributed by atoms with Crippen molar-refractivity contribution >= 4 is 59.3 Å². The van der Waals surface area contributed by atoms with E-state index in [4.69, 9.17) is 0 Å². The molecule has 1 spiro atoms. The van der Waals surface area contributed by atoms with E-state index in [0.717, 1.165) is 11.4 Å². The molecule has 0 bridgehead atoms. The second-order valence-corrected chi connectivity index (χ2v) is 17.4. The van der Waals surface area contributed by atoms with Crippen LogP contribution in [0.3, 0.4) is 0 Å². The molecule has 2 heteroatoms. The van der Waals surface area contributed by atoms with Crippen LogP contribution in [0.4, 0.5) is 17.1 Å². The molecule has 2 aliphatic carbocycles. The van der Waals surface area contributed by atoms with Gasteiger partial charge in [0.15, 0.2) is 0 Å². The van der Waals surface area contributed by atoms with Gasteiger partial charge in [-0.25, -0.2) is 0 Å². The van der Waals surface area contributed by atoms with Gasteiger partial charge in [-0.3, -0.25) is 0 Å². The van der Waals surface area contributed by atoms with Gasteiger partial charge >= 0.3 is 0 Å². The Kier molecular flexibility index (Phi) is 7.46. The number of benzene rings is 10. The van der Waals surface area contributed by atoms with E-state index in [1.165, 1.54) is 103 Å². The SMILES string of the molecule is c1ccc(-c2ccc(N(c3ccc4c(c3)C3(c5ccccc5-c5ccccc53)c3ccccc3-4)c3cccc4c3sc3c5ccccc5c(-c5ccccc5)cc43)cc2)cc1. The second-order valence-electron chi connectivity index (χ2n) is 16.3. The average molecular weight is 792 g/mol. The minimum atomic E-state index is -0.436. The zero-order valence-corrected chi connectivity index (χ0v) is 34.0. The highest BCUT2D eigenvalue weighted by molar-refractivity contribution is 7.27. The fraction of sp³-hybridized carbons (Fsp3) is 0.0169. The molecule has 0 radical (unpaired) electrons. The van der Waals surface area contributed by atoms with Crippen molar-refractivity contribution < 1.29 is 0 Å².